The number of nitrogens with zero attached hydrogens (tertiary/aromatic N) is 1. The molecule has 2 aliphatic rings. The highest BCUT2D eigenvalue weighted by atomic mass is 16.6. The maximum Gasteiger partial charge on any atom is 0.307 e. The van der Waals surface area contributed by atoms with Crippen LogP contribution in [0, 0.1) is 0 Å². The standard InChI is InChI=1S/C15H19NO3/c1-10(11-5-3-2-4-6-11)16-8-7-13(17)15-12(16)9-14(18)19-15/h2-6,10,12-13,15,17H,7-9H2,1H3/t10-,12?,13+,15?/m1/s1. The first-order chi connectivity index (χ1) is 9.16. The number of rotatable bonds is 2. The topological polar surface area (TPSA) is 49.8 Å². The van der Waals surface area contributed by atoms with Gasteiger partial charge in [-0.2, -0.15) is 0 Å². The number of piperidine rings is 1. The van der Waals surface area contributed by atoms with E-state index in [1.807, 2.05) is 18.2 Å². The van der Waals surface area contributed by atoms with Crippen LogP contribution in [0.25, 0.3) is 0 Å². The minimum atomic E-state index is -0.518. The number of esters is 1. The fourth-order valence-corrected chi connectivity index (χ4v) is 3.22. The Bertz CT molecular complexity index is 462. The predicted octanol–water partition coefficient (Wildman–Crippen LogP) is 1.50. The lowest BCUT2D eigenvalue weighted by Gasteiger charge is -2.41. The Balaban J connectivity index is 1.83. The summed E-state index contributed by atoms with van der Waals surface area (Å²) in [5.41, 5.74) is 1.23. The largest absolute Gasteiger partial charge is 0.458 e. The molecule has 2 saturated heterocycles. The quantitative estimate of drug-likeness (QED) is 0.820. The smallest absolute Gasteiger partial charge is 0.307 e. The van der Waals surface area contributed by atoms with Crippen molar-refractivity contribution in [2.24, 2.45) is 0 Å². The van der Waals surface area contributed by atoms with Crippen LogP contribution in [-0.2, 0) is 9.53 Å². The Hall–Kier alpha value is -1.39. The van der Waals surface area contributed by atoms with Gasteiger partial charge in [0.25, 0.3) is 0 Å². The molecule has 4 atom stereocenters. The Morgan fingerprint density at radius 2 is 2.11 bits per heavy atom. The van der Waals surface area contributed by atoms with Crippen LogP contribution in [0.3, 0.4) is 0 Å². The summed E-state index contributed by atoms with van der Waals surface area (Å²) in [7, 11) is 0. The first-order valence-electron chi connectivity index (χ1n) is 6.85. The van der Waals surface area contributed by atoms with E-state index in [4.69, 9.17) is 4.74 Å². The van der Waals surface area contributed by atoms with Gasteiger partial charge >= 0.3 is 5.97 Å². The van der Waals surface area contributed by atoms with Gasteiger partial charge in [0.2, 0.25) is 0 Å². The van der Waals surface area contributed by atoms with Crippen molar-refractivity contribution in [1.82, 2.24) is 4.90 Å². The average Bonchev–Trinajstić information content (AvgIpc) is 2.82. The normalized spacial score (nSPS) is 32.7. The van der Waals surface area contributed by atoms with Gasteiger partial charge in [0.05, 0.1) is 18.6 Å². The Morgan fingerprint density at radius 3 is 2.84 bits per heavy atom. The van der Waals surface area contributed by atoms with Gasteiger partial charge in [0.15, 0.2) is 0 Å². The number of fused-ring (bicyclic) bond motifs is 1. The van der Waals surface area contributed by atoms with E-state index in [0.29, 0.717) is 12.8 Å². The summed E-state index contributed by atoms with van der Waals surface area (Å²) in [5, 5.41) is 9.96. The van der Waals surface area contributed by atoms with Crippen molar-refractivity contribution >= 4 is 5.97 Å². The van der Waals surface area contributed by atoms with Crippen molar-refractivity contribution < 1.29 is 14.6 Å². The SMILES string of the molecule is C[C@H](c1ccccc1)N1CC[C@H](O)C2OC(=O)CC21. The van der Waals surface area contributed by atoms with E-state index in [9.17, 15) is 9.90 Å². The molecule has 1 aromatic rings. The maximum absolute atomic E-state index is 11.5. The van der Waals surface area contributed by atoms with Crippen molar-refractivity contribution in [3.8, 4) is 0 Å². The molecule has 4 nitrogen and oxygen atoms in total. The van der Waals surface area contributed by atoms with Crippen molar-refractivity contribution in [2.45, 2.75) is 44.1 Å². The molecule has 2 fully saturated rings. The molecule has 1 aromatic carbocycles. The number of benzene rings is 1. The highest BCUT2D eigenvalue weighted by Gasteiger charge is 2.47. The monoisotopic (exact) mass is 261 g/mol. The predicted molar refractivity (Wildman–Crippen MR) is 70.5 cm³/mol. The average molecular weight is 261 g/mol. The van der Waals surface area contributed by atoms with Gasteiger partial charge in [-0.15, -0.1) is 0 Å². The number of hydrogen-bond donors (Lipinski definition) is 1. The van der Waals surface area contributed by atoms with E-state index in [1.54, 1.807) is 0 Å². The van der Waals surface area contributed by atoms with Crippen LogP contribution in [0.15, 0.2) is 30.3 Å². The minimum Gasteiger partial charge on any atom is -0.458 e. The van der Waals surface area contributed by atoms with Crippen molar-refractivity contribution in [1.29, 1.82) is 0 Å². The zero-order chi connectivity index (χ0) is 13.4. The number of carbonyl (C=O) groups is 1. The summed E-state index contributed by atoms with van der Waals surface area (Å²) in [6, 6.07) is 10.5. The number of carbonyl (C=O) groups excluding carboxylic acids is 1. The van der Waals surface area contributed by atoms with Crippen LogP contribution in [0.5, 0.6) is 0 Å². The molecule has 4 heteroatoms. The van der Waals surface area contributed by atoms with Crippen LogP contribution >= 0.6 is 0 Å². The lowest BCUT2D eigenvalue weighted by Crippen LogP contribution is -2.53. The summed E-state index contributed by atoms with van der Waals surface area (Å²) >= 11 is 0. The maximum atomic E-state index is 11.5. The molecule has 0 saturated carbocycles. The summed E-state index contributed by atoms with van der Waals surface area (Å²) in [6.07, 6.45) is 0.174. The molecule has 3 rings (SSSR count). The third-order valence-corrected chi connectivity index (χ3v) is 4.29. The summed E-state index contributed by atoms with van der Waals surface area (Å²) in [6.45, 7) is 2.95. The van der Waals surface area contributed by atoms with E-state index < -0.39 is 6.10 Å². The van der Waals surface area contributed by atoms with Gasteiger partial charge in [0.1, 0.15) is 6.10 Å². The minimum absolute atomic E-state index is 0.00598. The second-order valence-electron chi connectivity index (χ2n) is 5.41. The molecule has 0 bridgehead atoms. The molecule has 1 N–H and O–H groups in total. The van der Waals surface area contributed by atoms with Gasteiger partial charge < -0.3 is 9.84 Å². The molecule has 2 unspecified atom stereocenters. The first-order valence-corrected chi connectivity index (χ1v) is 6.85. The molecular weight excluding hydrogens is 242 g/mol. The third kappa shape index (κ3) is 2.26. The van der Waals surface area contributed by atoms with Crippen LogP contribution in [0.2, 0.25) is 0 Å². The number of hydrogen-bond acceptors (Lipinski definition) is 4. The molecule has 2 heterocycles. The third-order valence-electron chi connectivity index (χ3n) is 4.29. The highest BCUT2D eigenvalue weighted by molar-refractivity contribution is 5.73. The Labute approximate surface area is 113 Å². The van der Waals surface area contributed by atoms with E-state index in [0.717, 1.165) is 6.54 Å². The van der Waals surface area contributed by atoms with Crippen molar-refractivity contribution in [3.05, 3.63) is 35.9 Å². The van der Waals surface area contributed by atoms with E-state index in [-0.39, 0.29) is 24.2 Å². The fourth-order valence-electron chi connectivity index (χ4n) is 3.22. The van der Waals surface area contributed by atoms with Gasteiger partial charge in [-0.1, -0.05) is 30.3 Å². The number of aliphatic hydroxyl groups is 1. The Kier molecular flexibility index (Phi) is 3.29. The molecule has 0 aliphatic carbocycles. The molecule has 19 heavy (non-hydrogen) atoms. The zero-order valence-corrected chi connectivity index (χ0v) is 11.0. The molecular formula is C15H19NO3. The molecule has 0 amide bonds. The van der Waals surface area contributed by atoms with Gasteiger partial charge in [-0.25, -0.2) is 0 Å². The molecule has 102 valence electrons. The lowest BCUT2D eigenvalue weighted by molar-refractivity contribution is -0.148. The van der Waals surface area contributed by atoms with Crippen LogP contribution in [-0.4, -0.2) is 40.8 Å². The highest BCUT2D eigenvalue weighted by Crippen LogP contribution is 2.35. The molecule has 0 radical (unpaired) electrons. The second-order valence-corrected chi connectivity index (χ2v) is 5.41. The summed E-state index contributed by atoms with van der Waals surface area (Å²) in [5.74, 6) is -0.193. The van der Waals surface area contributed by atoms with E-state index in [2.05, 4.69) is 24.0 Å². The Morgan fingerprint density at radius 1 is 1.37 bits per heavy atom. The first kappa shape index (κ1) is 12.6. The van der Waals surface area contributed by atoms with Crippen molar-refractivity contribution in [3.63, 3.8) is 0 Å². The van der Waals surface area contributed by atoms with Crippen LogP contribution in [0.1, 0.15) is 31.4 Å². The molecule has 2 aliphatic heterocycles. The summed E-state index contributed by atoms with van der Waals surface area (Å²) < 4.78 is 5.26. The van der Waals surface area contributed by atoms with Gasteiger partial charge in [-0.3, -0.25) is 9.69 Å². The zero-order valence-electron chi connectivity index (χ0n) is 11.0. The molecule has 0 aromatic heterocycles. The summed E-state index contributed by atoms with van der Waals surface area (Å²) in [4.78, 5) is 13.8. The van der Waals surface area contributed by atoms with Gasteiger partial charge in [-0.05, 0) is 18.9 Å². The fraction of sp³-hybridized carbons (Fsp3) is 0.533. The van der Waals surface area contributed by atoms with Gasteiger partial charge in [0, 0.05) is 12.6 Å². The second kappa shape index (κ2) is 4.94. The van der Waals surface area contributed by atoms with Crippen LogP contribution in [0.4, 0.5) is 0 Å². The van der Waals surface area contributed by atoms with E-state index in [1.165, 1.54) is 5.56 Å². The van der Waals surface area contributed by atoms with Crippen molar-refractivity contribution in [2.75, 3.05) is 6.54 Å². The number of aliphatic hydroxyl groups excluding tert-OH is 1. The van der Waals surface area contributed by atoms with E-state index >= 15 is 0 Å². The number of likely N-dealkylation sites (tertiary alicyclic amines) is 1. The lowest BCUT2D eigenvalue weighted by atomic mass is 9.92. The van der Waals surface area contributed by atoms with Crippen LogP contribution < -0.4 is 0 Å². The number of ether oxygens (including phenoxy) is 1. The molecule has 0 spiro atoms.